The highest BCUT2D eigenvalue weighted by molar-refractivity contribution is 5.07. The highest BCUT2D eigenvalue weighted by Crippen LogP contribution is 2.17. The van der Waals surface area contributed by atoms with Crippen molar-refractivity contribution in [3.05, 3.63) is 30.1 Å². The molecule has 0 amide bonds. The predicted molar refractivity (Wildman–Crippen MR) is 64.8 cm³/mol. The van der Waals surface area contributed by atoms with Gasteiger partial charge in [0, 0.05) is 12.2 Å². The molecular weight excluding hydrogens is 184 g/mol. The predicted octanol–water partition coefficient (Wildman–Crippen LogP) is 3.26. The summed E-state index contributed by atoms with van der Waals surface area (Å²) in [5.74, 6) is 0. The molecule has 0 fully saturated rings. The van der Waals surface area contributed by atoms with Crippen LogP contribution in [0.5, 0.6) is 0 Å². The molecule has 0 aliphatic carbocycles. The molecule has 1 aromatic rings. The molecule has 0 aliphatic rings. The molecule has 1 unspecified atom stereocenters. The molecule has 84 valence electrons. The Morgan fingerprint density at radius 2 is 2.13 bits per heavy atom. The minimum atomic E-state index is 0.433. The summed E-state index contributed by atoms with van der Waals surface area (Å²) in [6, 6.07) is 6.58. The SMILES string of the molecule is CCCCN(CC)C(C)c1ccccn1. The van der Waals surface area contributed by atoms with E-state index in [0.29, 0.717) is 6.04 Å². The van der Waals surface area contributed by atoms with Crippen LogP contribution in [0.1, 0.15) is 45.3 Å². The van der Waals surface area contributed by atoms with E-state index >= 15 is 0 Å². The highest BCUT2D eigenvalue weighted by Gasteiger charge is 2.13. The molecule has 15 heavy (non-hydrogen) atoms. The van der Waals surface area contributed by atoms with Crippen molar-refractivity contribution in [2.75, 3.05) is 13.1 Å². The van der Waals surface area contributed by atoms with Gasteiger partial charge in [0.05, 0.1) is 5.69 Å². The maximum absolute atomic E-state index is 4.41. The number of rotatable bonds is 6. The van der Waals surface area contributed by atoms with Crippen LogP contribution in [-0.2, 0) is 0 Å². The lowest BCUT2D eigenvalue weighted by Gasteiger charge is -2.27. The summed E-state index contributed by atoms with van der Waals surface area (Å²) in [6.07, 6.45) is 4.40. The van der Waals surface area contributed by atoms with Crippen LogP contribution in [-0.4, -0.2) is 23.0 Å². The normalized spacial score (nSPS) is 13.1. The molecule has 0 N–H and O–H groups in total. The van der Waals surface area contributed by atoms with Crippen molar-refractivity contribution in [2.45, 2.75) is 39.7 Å². The minimum Gasteiger partial charge on any atom is -0.295 e. The average Bonchev–Trinajstić information content (AvgIpc) is 2.31. The number of nitrogens with zero attached hydrogens (tertiary/aromatic N) is 2. The van der Waals surface area contributed by atoms with Gasteiger partial charge in [-0.2, -0.15) is 0 Å². The zero-order valence-corrected chi connectivity index (χ0v) is 10.1. The highest BCUT2D eigenvalue weighted by atomic mass is 15.2. The van der Waals surface area contributed by atoms with Crippen LogP contribution >= 0.6 is 0 Å². The molecule has 2 nitrogen and oxygen atoms in total. The smallest absolute Gasteiger partial charge is 0.0572 e. The quantitative estimate of drug-likeness (QED) is 0.710. The maximum atomic E-state index is 4.41. The van der Waals surface area contributed by atoms with Gasteiger partial charge >= 0.3 is 0 Å². The third-order valence-corrected chi connectivity index (χ3v) is 2.87. The van der Waals surface area contributed by atoms with Crippen molar-refractivity contribution in [1.82, 2.24) is 9.88 Å². The van der Waals surface area contributed by atoms with Crippen LogP contribution in [0.15, 0.2) is 24.4 Å². The number of unbranched alkanes of at least 4 members (excludes halogenated alkanes) is 1. The molecule has 2 heteroatoms. The molecule has 0 aromatic carbocycles. The van der Waals surface area contributed by atoms with Crippen molar-refractivity contribution in [2.24, 2.45) is 0 Å². The number of aromatic nitrogens is 1. The van der Waals surface area contributed by atoms with E-state index in [9.17, 15) is 0 Å². The van der Waals surface area contributed by atoms with E-state index in [4.69, 9.17) is 0 Å². The Kier molecular flexibility index (Phi) is 5.33. The summed E-state index contributed by atoms with van der Waals surface area (Å²) in [4.78, 5) is 6.89. The van der Waals surface area contributed by atoms with Gasteiger partial charge in [0.15, 0.2) is 0 Å². The lowest BCUT2D eigenvalue weighted by Crippen LogP contribution is -2.28. The van der Waals surface area contributed by atoms with Gasteiger partial charge in [0.25, 0.3) is 0 Å². The summed E-state index contributed by atoms with van der Waals surface area (Å²) < 4.78 is 0. The lowest BCUT2D eigenvalue weighted by atomic mass is 10.1. The van der Waals surface area contributed by atoms with Crippen LogP contribution in [0, 0.1) is 0 Å². The zero-order valence-electron chi connectivity index (χ0n) is 10.1. The summed E-state index contributed by atoms with van der Waals surface area (Å²) in [6.45, 7) is 8.96. The number of hydrogen-bond acceptors (Lipinski definition) is 2. The molecular formula is C13H22N2. The monoisotopic (exact) mass is 206 g/mol. The van der Waals surface area contributed by atoms with Crippen molar-refractivity contribution >= 4 is 0 Å². The van der Waals surface area contributed by atoms with Crippen molar-refractivity contribution in [3.63, 3.8) is 0 Å². The van der Waals surface area contributed by atoms with Crippen LogP contribution in [0.25, 0.3) is 0 Å². The Bertz CT molecular complexity index is 258. The fourth-order valence-electron chi connectivity index (χ4n) is 1.80. The number of hydrogen-bond donors (Lipinski definition) is 0. The van der Waals surface area contributed by atoms with Crippen LogP contribution in [0.3, 0.4) is 0 Å². The van der Waals surface area contributed by atoms with E-state index in [0.717, 1.165) is 6.54 Å². The van der Waals surface area contributed by atoms with E-state index in [-0.39, 0.29) is 0 Å². The van der Waals surface area contributed by atoms with Gasteiger partial charge in [0.1, 0.15) is 0 Å². The van der Waals surface area contributed by atoms with E-state index < -0.39 is 0 Å². The third kappa shape index (κ3) is 3.63. The Labute approximate surface area is 93.3 Å². The first kappa shape index (κ1) is 12.2. The van der Waals surface area contributed by atoms with Gasteiger partial charge in [-0.05, 0) is 38.6 Å². The van der Waals surface area contributed by atoms with Gasteiger partial charge in [-0.15, -0.1) is 0 Å². The second kappa shape index (κ2) is 6.57. The van der Waals surface area contributed by atoms with Crippen LogP contribution in [0.4, 0.5) is 0 Å². The maximum Gasteiger partial charge on any atom is 0.0572 e. The minimum absolute atomic E-state index is 0.433. The van der Waals surface area contributed by atoms with E-state index in [2.05, 4.69) is 42.8 Å². The van der Waals surface area contributed by atoms with Gasteiger partial charge < -0.3 is 0 Å². The number of pyridine rings is 1. The second-order valence-electron chi connectivity index (χ2n) is 3.91. The van der Waals surface area contributed by atoms with Crippen molar-refractivity contribution in [3.8, 4) is 0 Å². The molecule has 0 aliphatic heterocycles. The summed E-state index contributed by atoms with van der Waals surface area (Å²) in [5, 5.41) is 0. The lowest BCUT2D eigenvalue weighted by molar-refractivity contribution is 0.215. The van der Waals surface area contributed by atoms with Gasteiger partial charge in [-0.1, -0.05) is 26.3 Å². The van der Waals surface area contributed by atoms with Crippen molar-refractivity contribution in [1.29, 1.82) is 0 Å². The molecule has 0 radical (unpaired) electrons. The Morgan fingerprint density at radius 3 is 2.67 bits per heavy atom. The molecule has 0 saturated heterocycles. The molecule has 1 heterocycles. The fraction of sp³-hybridized carbons (Fsp3) is 0.615. The molecule has 1 rings (SSSR count). The largest absolute Gasteiger partial charge is 0.295 e. The molecule has 1 atom stereocenters. The second-order valence-corrected chi connectivity index (χ2v) is 3.91. The topological polar surface area (TPSA) is 16.1 Å². The first-order chi connectivity index (χ1) is 7.29. The standard InChI is InChI=1S/C13H22N2/c1-4-6-11-15(5-2)12(3)13-9-7-8-10-14-13/h7-10,12H,4-6,11H2,1-3H3. The van der Waals surface area contributed by atoms with E-state index in [1.165, 1.54) is 25.1 Å². The molecule has 0 spiro atoms. The first-order valence-electron chi connectivity index (χ1n) is 5.94. The summed E-state index contributed by atoms with van der Waals surface area (Å²) in [5.41, 5.74) is 1.18. The van der Waals surface area contributed by atoms with E-state index in [1.807, 2.05) is 12.3 Å². The zero-order chi connectivity index (χ0) is 11.1. The van der Waals surface area contributed by atoms with Gasteiger partial charge in [-0.3, -0.25) is 9.88 Å². The van der Waals surface area contributed by atoms with Crippen LogP contribution < -0.4 is 0 Å². The Hall–Kier alpha value is -0.890. The first-order valence-corrected chi connectivity index (χ1v) is 5.94. The Balaban J connectivity index is 2.60. The molecule has 1 aromatic heterocycles. The Morgan fingerprint density at radius 1 is 1.33 bits per heavy atom. The van der Waals surface area contributed by atoms with Crippen molar-refractivity contribution < 1.29 is 0 Å². The average molecular weight is 206 g/mol. The third-order valence-electron chi connectivity index (χ3n) is 2.87. The molecule has 0 saturated carbocycles. The van der Waals surface area contributed by atoms with Crippen LogP contribution in [0.2, 0.25) is 0 Å². The molecule has 0 bridgehead atoms. The fourth-order valence-corrected chi connectivity index (χ4v) is 1.80. The van der Waals surface area contributed by atoms with E-state index in [1.54, 1.807) is 0 Å². The van der Waals surface area contributed by atoms with Gasteiger partial charge in [0.2, 0.25) is 0 Å². The summed E-state index contributed by atoms with van der Waals surface area (Å²) >= 11 is 0. The summed E-state index contributed by atoms with van der Waals surface area (Å²) in [7, 11) is 0. The van der Waals surface area contributed by atoms with Gasteiger partial charge in [-0.25, -0.2) is 0 Å².